The number of rotatable bonds is 6. The fourth-order valence-electron chi connectivity index (χ4n) is 3.57. The van der Waals surface area contributed by atoms with E-state index in [1.54, 1.807) is 24.3 Å². The molecule has 1 aliphatic rings. The van der Waals surface area contributed by atoms with Crippen LogP contribution in [0, 0.1) is 0 Å². The van der Waals surface area contributed by atoms with Gasteiger partial charge in [-0.3, -0.25) is 14.5 Å². The van der Waals surface area contributed by atoms with E-state index in [1.807, 2.05) is 53.9 Å². The molecular formula is C24H17N3O3S3. The Hall–Kier alpha value is -3.27. The van der Waals surface area contributed by atoms with Gasteiger partial charge in [-0.25, -0.2) is 0 Å². The Kier molecular flexibility index (Phi) is 6.08. The minimum atomic E-state index is -0.759. The molecule has 33 heavy (non-hydrogen) atoms. The Morgan fingerprint density at radius 2 is 1.70 bits per heavy atom. The van der Waals surface area contributed by atoms with Gasteiger partial charge in [0.1, 0.15) is 11.8 Å². The Balaban J connectivity index is 1.51. The number of anilines is 1. The molecule has 1 aliphatic heterocycles. The normalized spacial score (nSPS) is 17.6. The standard InChI is InChI=1S/C24H17N3O3S3/c28-20(16-10-5-2-6-11-16)18-19(17-12-7-13-31-17)27(22(30)21(18)29)23-25-26-24(33-23)32-14-15-8-3-1-4-9-15/h1-13,19,28H,14H2/b20-18+/t19-/m1/s1. The first-order chi connectivity index (χ1) is 16.1. The van der Waals surface area contributed by atoms with Crippen molar-refractivity contribution in [3.05, 3.63) is 99.8 Å². The van der Waals surface area contributed by atoms with E-state index >= 15 is 0 Å². The molecule has 5 rings (SSSR count). The predicted octanol–water partition coefficient (Wildman–Crippen LogP) is 5.52. The van der Waals surface area contributed by atoms with Gasteiger partial charge in [-0.2, -0.15) is 0 Å². The van der Waals surface area contributed by atoms with E-state index in [0.29, 0.717) is 15.0 Å². The van der Waals surface area contributed by atoms with Crippen LogP contribution in [-0.2, 0) is 15.3 Å². The molecule has 1 saturated heterocycles. The first-order valence-corrected chi connectivity index (χ1v) is 12.7. The Morgan fingerprint density at radius 1 is 0.970 bits per heavy atom. The van der Waals surface area contributed by atoms with Crippen molar-refractivity contribution in [3.63, 3.8) is 0 Å². The highest BCUT2D eigenvalue weighted by Crippen LogP contribution is 2.45. The summed E-state index contributed by atoms with van der Waals surface area (Å²) in [5.41, 5.74) is 1.69. The third-order valence-corrected chi connectivity index (χ3v) is 8.16. The smallest absolute Gasteiger partial charge is 0.301 e. The molecule has 4 aromatic rings. The van der Waals surface area contributed by atoms with Crippen molar-refractivity contribution in [1.29, 1.82) is 0 Å². The lowest BCUT2D eigenvalue weighted by molar-refractivity contribution is -0.132. The summed E-state index contributed by atoms with van der Waals surface area (Å²) in [4.78, 5) is 28.3. The van der Waals surface area contributed by atoms with Crippen LogP contribution in [0.5, 0.6) is 0 Å². The molecule has 2 aromatic carbocycles. The van der Waals surface area contributed by atoms with Crippen LogP contribution in [0.25, 0.3) is 5.76 Å². The molecule has 0 saturated carbocycles. The second kappa shape index (κ2) is 9.30. The van der Waals surface area contributed by atoms with E-state index in [-0.39, 0.29) is 11.3 Å². The number of carbonyl (C=O) groups excluding carboxylic acids is 2. The minimum absolute atomic E-state index is 0.0577. The lowest BCUT2D eigenvalue weighted by atomic mass is 10.00. The van der Waals surface area contributed by atoms with Crippen LogP contribution in [0.2, 0.25) is 0 Å². The fraction of sp³-hybridized carbons (Fsp3) is 0.0833. The summed E-state index contributed by atoms with van der Waals surface area (Å²) in [6, 6.07) is 21.7. The maximum atomic E-state index is 13.1. The molecule has 9 heteroatoms. The Bertz CT molecular complexity index is 1320. The Labute approximate surface area is 202 Å². The van der Waals surface area contributed by atoms with E-state index in [1.165, 1.54) is 39.3 Å². The van der Waals surface area contributed by atoms with E-state index in [4.69, 9.17) is 0 Å². The molecule has 3 heterocycles. The predicted molar refractivity (Wildman–Crippen MR) is 131 cm³/mol. The molecule has 2 aromatic heterocycles. The number of hydrogen-bond acceptors (Lipinski definition) is 8. The van der Waals surface area contributed by atoms with Gasteiger partial charge in [-0.1, -0.05) is 89.8 Å². The van der Waals surface area contributed by atoms with Crippen LogP contribution in [0.4, 0.5) is 5.13 Å². The minimum Gasteiger partial charge on any atom is -0.507 e. The number of thiophene rings is 1. The highest BCUT2D eigenvalue weighted by Gasteiger charge is 2.48. The van der Waals surface area contributed by atoms with E-state index in [0.717, 1.165) is 16.2 Å². The number of benzene rings is 2. The van der Waals surface area contributed by atoms with Crippen LogP contribution < -0.4 is 4.90 Å². The number of amides is 1. The van der Waals surface area contributed by atoms with E-state index in [9.17, 15) is 14.7 Å². The molecule has 0 unspecified atom stereocenters. The van der Waals surface area contributed by atoms with Gasteiger partial charge in [0, 0.05) is 16.2 Å². The third kappa shape index (κ3) is 4.22. The number of thioether (sulfide) groups is 1. The van der Waals surface area contributed by atoms with Crippen LogP contribution >= 0.6 is 34.4 Å². The van der Waals surface area contributed by atoms with E-state index in [2.05, 4.69) is 10.2 Å². The van der Waals surface area contributed by atoms with Crippen molar-refractivity contribution in [1.82, 2.24) is 10.2 Å². The van der Waals surface area contributed by atoms with Gasteiger partial charge in [0.15, 0.2) is 4.34 Å². The van der Waals surface area contributed by atoms with Crippen molar-refractivity contribution in [2.75, 3.05) is 4.90 Å². The maximum Gasteiger partial charge on any atom is 0.301 e. The topological polar surface area (TPSA) is 83.4 Å². The second-order valence-electron chi connectivity index (χ2n) is 7.18. The van der Waals surface area contributed by atoms with Crippen molar-refractivity contribution in [3.8, 4) is 0 Å². The largest absolute Gasteiger partial charge is 0.507 e. The summed E-state index contributed by atoms with van der Waals surface area (Å²) >= 11 is 4.19. The molecule has 1 N–H and O–H groups in total. The SMILES string of the molecule is O=C1C(=O)N(c2nnc(SCc3ccccc3)s2)[C@H](c2cccs2)/C1=C(\O)c1ccccc1. The number of carbonyl (C=O) groups is 2. The number of hydrogen-bond donors (Lipinski definition) is 1. The second-order valence-corrected chi connectivity index (χ2v) is 10.3. The average molecular weight is 492 g/mol. The number of Topliss-reactive ketones (excluding diaryl/α,β-unsaturated/α-hetero) is 1. The summed E-state index contributed by atoms with van der Waals surface area (Å²) in [5.74, 6) is -0.931. The zero-order chi connectivity index (χ0) is 22.8. The summed E-state index contributed by atoms with van der Waals surface area (Å²) < 4.78 is 0.698. The lowest BCUT2D eigenvalue weighted by Crippen LogP contribution is -2.29. The number of nitrogens with zero attached hydrogens (tertiary/aromatic N) is 3. The molecule has 0 aliphatic carbocycles. The number of aliphatic hydroxyl groups is 1. The lowest BCUT2D eigenvalue weighted by Gasteiger charge is -2.20. The zero-order valence-corrected chi connectivity index (χ0v) is 19.6. The van der Waals surface area contributed by atoms with E-state index < -0.39 is 17.7 Å². The van der Waals surface area contributed by atoms with Crippen LogP contribution in [0.15, 0.2) is 88.1 Å². The first kappa shape index (κ1) is 21.6. The molecule has 1 amide bonds. The summed E-state index contributed by atoms with van der Waals surface area (Å²) in [6.07, 6.45) is 0. The molecule has 164 valence electrons. The van der Waals surface area contributed by atoms with Crippen molar-refractivity contribution >= 4 is 57.0 Å². The summed E-state index contributed by atoms with van der Waals surface area (Å²) in [5, 5.41) is 21.7. The van der Waals surface area contributed by atoms with Gasteiger partial charge in [-0.05, 0) is 17.0 Å². The summed E-state index contributed by atoms with van der Waals surface area (Å²) in [6.45, 7) is 0. The molecule has 0 spiro atoms. The molecule has 0 bridgehead atoms. The van der Waals surface area contributed by atoms with Gasteiger partial charge in [0.05, 0.1) is 5.57 Å². The summed E-state index contributed by atoms with van der Waals surface area (Å²) in [7, 11) is 0. The first-order valence-electron chi connectivity index (χ1n) is 10.0. The van der Waals surface area contributed by atoms with Crippen LogP contribution in [-0.4, -0.2) is 27.0 Å². The van der Waals surface area contributed by atoms with Crippen LogP contribution in [0.1, 0.15) is 22.0 Å². The highest BCUT2D eigenvalue weighted by molar-refractivity contribution is 8.00. The zero-order valence-electron chi connectivity index (χ0n) is 17.1. The van der Waals surface area contributed by atoms with Crippen molar-refractivity contribution in [2.45, 2.75) is 16.1 Å². The van der Waals surface area contributed by atoms with Crippen molar-refractivity contribution < 1.29 is 14.7 Å². The number of ketones is 1. The fourth-order valence-corrected chi connectivity index (χ4v) is 6.22. The van der Waals surface area contributed by atoms with Gasteiger partial charge >= 0.3 is 5.91 Å². The van der Waals surface area contributed by atoms with Gasteiger partial charge in [0.2, 0.25) is 5.13 Å². The third-order valence-electron chi connectivity index (χ3n) is 5.11. The molecular weight excluding hydrogens is 474 g/mol. The average Bonchev–Trinajstić information content (AvgIpc) is 3.59. The highest BCUT2D eigenvalue weighted by atomic mass is 32.2. The van der Waals surface area contributed by atoms with Gasteiger partial charge in [0.25, 0.3) is 5.78 Å². The van der Waals surface area contributed by atoms with Gasteiger partial charge < -0.3 is 5.11 Å². The number of aliphatic hydroxyl groups excluding tert-OH is 1. The Morgan fingerprint density at radius 3 is 2.39 bits per heavy atom. The molecule has 1 fully saturated rings. The molecule has 6 nitrogen and oxygen atoms in total. The number of aromatic nitrogens is 2. The molecule has 0 radical (unpaired) electrons. The maximum absolute atomic E-state index is 13.1. The van der Waals surface area contributed by atoms with Crippen LogP contribution in [0.3, 0.4) is 0 Å². The molecule has 1 atom stereocenters. The monoisotopic (exact) mass is 491 g/mol. The quantitative estimate of drug-likeness (QED) is 0.126. The van der Waals surface area contributed by atoms with Crippen molar-refractivity contribution in [2.24, 2.45) is 0 Å². The van der Waals surface area contributed by atoms with Gasteiger partial charge in [-0.15, -0.1) is 21.5 Å².